The summed E-state index contributed by atoms with van der Waals surface area (Å²) < 4.78 is 48.3. The molecule has 226 valence electrons. The predicted octanol–water partition coefficient (Wildman–Crippen LogP) is 4.96. The van der Waals surface area contributed by atoms with Gasteiger partial charge in [0.05, 0.1) is 30.0 Å². The number of alkyl halides is 3. The molecule has 0 spiro atoms. The van der Waals surface area contributed by atoms with E-state index < -0.39 is 11.7 Å². The number of aromatic nitrogens is 2. The Hall–Kier alpha value is -3.93. The van der Waals surface area contributed by atoms with Crippen molar-refractivity contribution in [1.82, 2.24) is 25.1 Å². The van der Waals surface area contributed by atoms with Gasteiger partial charge in [-0.15, -0.1) is 0 Å². The molecule has 1 atom stereocenters. The number of pyridine rings is 1. The van der Waals surface area contributed by atoms with Gasteiger partial charge in [0, 0.05) is 51.2 Å². The summed E-state index contributed by atoms with van der Waals surface area (Å²) in [6.07, 6.45) is -2.35. The minimum absolute atomic E-state index is 0.109. The van der Waals surface area contributed by atoms with E-state index in [1.165, 1.54) is 6.07 Å². The van der Waals surface area contributed by atoms with Crippen LogP contribution in [0.25, 0.3) is 11.0 Å². The van der Waals surface area contributed by atoms with Crippen LogP contribution in [0.5, 0.6) is 11.5 Å². The fourth-order valence-corrected chi connectivity index (χ4v) is 6.08. The Morgan fingerprint density at radius 1 is 1.09 bits per heavy atom. The van der Waals surface area contributed by atoms with Gasteiger partial charge in [-0.2, -0.15) is 13.2 Å². The van der Waals surface area contributed by atoms with Crippen molar-refractivity contribution in [3.8, 4) is 11.5 Å². The van der Waals surface area contributed by atoms with E-state index in [2.05, 4.69) is 15.3 Å². The van der Waals surface area contributed by atoms with E-state index in [4.69, 9.17) is 4.74 Å². The van der Waals surface area contributed by atoms with Gasteiger partial charge in [0.25, 0.3) is 0 Å². The van der Waals surface area contributed by atoms with Crippen LogP contribution in [-0.4, -0.2) is 63.5 Å². The Labute approximate surface area is 247 Å². The second-order valence-electron chi connectivity index (χ2n) is 11.2. The number of amides is 1. The van der Waals surface area contributed by atoms with Gasteiger partial charge in [-0.1, -0.05) is 18.2 Å². The van der Waals surface area contributed by atoms with Gasteiger partial charge in [0.2, 0.25) is 5.91 Å². The molecule has 8 nitrogen and oxygen atoms in total. The average Bonchev–Trinajstić information content (AvgIpc) is 3.43. The monoisotopic (exact) mass is 593 g/mol. The number of halogens is 3. The van der Waals surface area contributed by atoms with E-state index in [-0.39, 0.29) is 37.1 Å². The number of fused-ring (bicyclic) bond motifs is 2. The summed E-state index contributed by atoms with van der Waals surface area (Å²) in [6.45, 7) is 5.40. The van der Waals surface area contributed by atoms with E-state index in [0.29, 0.717) is 54.5 Å². The van der Waals surface area contributed by atoms with Crippen molar-refractivity contribution in [2.75, 3.05) is 32.7 Å². The first-order valence-corrected chi connectivity index (χ1v) is 14.5. The summed E-state index contributed by atoms with van der Waals surface area (Å²) in [4.78, 5) is 24.6. The van der Waals surface area contributed by atoms with Crippen molar-refractivity contribution in [1.29, 1.82) is 0 Å². The SMILES string of the molecule is C[C@H]1c2cc(Oc3ccnc4[nH]c(CO)cc34)ccc2CCN1C(=O)Cc1ccc(CN2CCNCC2)c(C(F)(F)F)c1. The number of aromatic amines is 1. The molecule has 0 aliphatic carbocycles. The van der Waals surface area contributed by atoms with Crippen LogP contribution in [0.4, 0.5) is 13.2 Å². The van der Waals surface area contributed by atoms with E-state index in [9.17, 15) is 23.1 Å². The Morgan fingerprint density at radius 3 is 2.67 bits per heavy atom. The molecule has 1 saturated heterocycles. The first kappa shape index (κ1) is 29.2. The molecule has 4 heterocycles. The molecule has 43 heavy (non-hydrogen) atoms. The zero-order chi connectivity index (χ0) is 30.1. The molecule has 2 aliphatic rings. The van der Waals surface area contributed by atoms with E-state index in [1.54, 1.807) is 29.3 Å². The Morgan fingerprint density at radius 2 is 1.91 bits per heavy atom. The molecule has 11 heteroatoms. The molecule has 2 aromatic carbocycles. The van der Waals surface area contributed by atoms with Crippen molar-refractivity contribution in [3.05, 3.63) is 88.2 Å². The van der Waals surface area contributed by atoms with E-state index in [0.717, 1.165) is 35.7 Å². The topological polar surface area (TPSA) is 93.7 Å². The number of nitrogens with zero attached hydrogens (tertiary/aromatic N) is 3. The number of aliphatic hydroxyl groups excluding tert-OH is 1. The lowest BCUT2D eigenvalue weighted by Crippen LogP contribution is -2.43. The zero-order valence-electron chi connectivity index (χ0n) is 23.9. The van der Waals surface area contributed by atoms with Crippen molar-refractivity contribution < 1.29 is 27.8 Å². The third kappa shape index (κ3) is 6.24. The number of benzene rings is 2. The smallest absolute Gasteiger partial charge is 0.416 e. The molecular formula is C32H34F3N5O3. The molecule has 0 saturated carbocycles. The largest absolute Gasteiger partial charge is 0.457 e. The average molecular weight is 594 g/mol. The first-order chi connectivity index (χ1) is 20.7. The van der Waals surface area contributed by atoms with Gasteiger partial charge in [0.1, 0.15) is 17.1 Å². The quantitative estimate of drug-likeness (QED) is 0.281. The maximum Gasteiger partial charge on any atom is 0.416 e. The van der Waals surface area contributed by atoms with Crippen LogP contribution >= 0.6 is 0 Å². The lowest BCUT2D eigenvalue weighted by atomic mass is 9.92. The molecule has 0 bridgehead atoms. The maximum atomic E-state index is 14.0. The molecule has 2 aromatic heterocycles. The van der Waals surface area contributed by atoms with Crippen molar-refractivity contribution in [2.45, 2.75) is 45.1 Å². The molecule has 0 unspecified atom stereocenters. The number of ether oxygens (including phenoxy) is 1. The predicted molar refractivity (Wildman–Crippen MR) is 156 cm³/mol. The second kappa shape index (κ2) is 12.0. The number of hydrogen-bond donors (Lipinski definition) is 3. The summed E-state index contributed by atoms with van der Waals surface area (Å²) in [5.74, 6) is 0.958. The molecule has 2 aliphatic heterocycles. The van der Waals surface area contributed by atoms with Gasteiger partial charge in [-0.25, -0.2) is 4.98 Å². The summed E-state index contributed by atoms with van der Waals surface area (Å²) >= 11 is 0. The molecular weight excluding hydrogens is 559 g/mol. The van der Waals surface area contributed by atoms with Crippen LogP contribution < -0.4 is 10.1 Å². The third-order valence-corrected chi connectivity index (χ3v) is 8.36. The molecule has 1 fully saturated rings. The van der Waals surface area contributed by atoms with Crippen LogP contribution in [0, 0.1) is 0 Å². The summed E-state index contributed by atoms with van der Waals surface area (Å²) in [7, 11) is 0. The van der Waals surface area contributed by atoms with Gasteiger partial charge >= 0.3 is 6.18 Å². The second-order valence-corrected chi connectivity index (χ2v) is 11.2. The van der Waals surface area contributed by atoms with Gasteiger partial charge in [-0.05, 0) is 65.9 Å². The molecule has 1 amide bonds. The number of rotatable bonds is 7. The minimum Gasteiger partial charge on any atom is -0.457 e. The van der Waals surface area contributed by atoms with E-state index >= 15 is 0 Å². The highest BCUT2D eigenvalue weighted by atomic mass is 19.4. The molecule has 3 N–H and O–H groups in total. The van der Waals surface area contributed by atoms with Crippen LogP contribution in [-0.2, 0) is 37.0 Å². The fraction of sp³-hybridized carbons (Fsp3) is 0.375. The minimum atomic E-state index is -4.50. The lowest BCUT2D eigenvalue weighted by molar-refractivity contribution is -0.139. The Bertz CT molecular complexity index is 1630. The Balaban J connectivity index is 1.18. The van der Waals surface area contributed by atoms with E-state index in [1.807, 2.05) is 30.0 Å². The summed E-state index contributed by atoms with van der Waals surface area (Å²) in [5.41, 5.74) is 3.19. The summed E-state index contributed by atoms with van der Waals surface area (Å²) in [5, 5.41) is 13.4. The maximum absolute atomic E-state index is 14.0. The van der Waals surface area contributed by atoms with Crippen LogP contribution in [0.15, 0.2) is 54.7 Å². The normalized spacial score (nSPS) is 17.7. The molecule has 0 radical (unpaired) electrons. The lowest BCUT2D eigenvalue weighted by Gasteiger charge is -2.35. The van der Waals surface area contributed by atoms with Crippen LogP contribution in [0.3, 0.4) is 0 Å². The highest BCUT2D eigenvalue weighted by Gasteiger charge is 2.35. The number of carbonyl (C=O) groups is 1. The highest BCUT2D eigenvalue weighted by molar-refractivity contribution is 5.83. The van der Waals surface area contributed by atoms with Crippen molar-refractivity contribution >= 4 is 16.9 Å². The van der Waals surface area contributed by atoms with Gasteiger partial charge in [-0.3, -0.25) is 9.69 Å². The van der Waals surface area contributed by atoms with Crippen LogP contribution in [0.1, 0.15) is 46.5 Å². The third-order valence-electron chi connectivity index (χ3n) is 8.36. The first-order valence-electron chi connectivity index (χ1n) is 14.5. The number of H-pyrrole nitrogens is 1. The Kier molecular flexibility index (Phi) is 8.13. The summed E-state index contributed by atoms with van der Waals surface area (Å²) in [6, 6.07) is 13.4. The zero-order valence-corrected chi connectivity index (χ0v) is 23.9. The fourth-order valence-electron chi connectivity index (χ4n) is 6.08. The van der Waals surface area contributed by atoms with Gasteiger partial charge < -0.3 is 25.0 Å². The van der Waals surface area contributed by atoms with Crippen molar-refractivity contribution in [3.63, 3.8) is 0 Å². The number of hydrogen-bond acceptors (Lipinski definition) is 6. The molecule has 4 aromatic rings. The van der Waals surface area contributed by atoms with Crippen molar-refractivity contribution in [2.24, 2.45) is 0 Å². The number of nitrogens with one attached hydrogen (secondary N) is 2. The standard InChI is InChI=1S/C32H34F3N5O3/c1-20-26-17-25(43-29-6-8-37-31-27(29)16-24(19-41)38-31)5-4-22(26)7-11-40(20)30(42)15-21-2-3-23(28(14-21)32(33,34)35)18-39-12-9-36-10-13-39/h2-6,8,14,16-17,20,36,41H,7,9-13,15,18-19H2,1H3,(H,37,38)/t20-/m0/s1. The number of carbonyl (C=O) groups excluding carboxylic acids is 1. The highest BCUT2D eigenvalue weighted by Crippen LogP contribution is 2.37. The number of piperazine rings is 1. The number of aliphatic hydroxyl groups is 1. The van der Waals surface area contributed by atoms with Crippen LogP contribution in [0.2, 0.25) is 0 Å². The molecule has 6 rings (SSSR count). The van der Waals surface area contributed by atoms with Gasteiger partial charge in [0.15, 0.2) is 0 Å².